The van der Waals surface area contributed by atoms with E-state index in [1.807, 2.05) is 19.1 Å². The molecule has 0 aliphatic heterocycles. The average Bonchev–Trinajstić information content (AvgIpc) is 2.26. The minimum atomic E-state index is -0.752. The first-order valence-electron chi connectivity index (χ1n) is 5.41. The summed E-state index contributed by atoms with van der Waals surface area (Å²) in [4.78, 5) is 0. The molecule has 0 aromatic heterocycles. The third kappa shape index (κ3) is 4.33. The molecule has 1 aromatic rings. The van der Waals surface area contributed by atoms with Crippen molar-refractivity contribution in [2.75, 3.05) is 12.8 Å². The predicted octanol–water partition coefficient (Wildman–Crippen LogP) is 1.64. The summed E-state index contributed by atoms with van der Waals surface area (Å²) in [7, 11) is -0.752. The van der Waals surface area contributed by atoms with Gasteiger partial charge in [0.25, 0.3) is 0 Å². The fourth-order valence-electron chi connectivity index (χ4n) is 1.35. The smallest absolute Gasteiger partial charge is 0.120 e. The van der Waals surface area contributed by atoms with Crippen LogP contribution in [0.1, 0.15) is 18.9 Å². The minimum Gasteiger partial charge on any atom is -0.508 e. The third-order valence-corrected chi connectivity index (χ3v) is 3.97. The molecule has 2 N–H and O–H groups in total. The molecule has 3 nitrogen and oxygen atoms in total. The van der Waals surface area contributed by atoms with E-state index in [4.69, 9.17) is 0 Å². The van der Waals surface area contributed by atoms with Gasteiger partial charge in [0.15, 0.2) is 0 Å². The SMILES string of the molecule is CC(CCNCc1ccccc1O)S(C)=O. The fraction of sp³-hybridized carbons (Fsp3) is 0.500. The highest BCUT2D eigenvalue weighted by Gasteiger charge is 2.05. The summed E-state index contributed by atoms with van der Waals surface area (Å²) in [6.45, 7) is 3.45. The summed E-state index contributed by atoms with van der Waals surface area (Å²) in [5.74, 6) is 0.321. The molecule has 0 aliphatic carbocycles. The van der Waals surface area contributed by atoms with Gasteiger partial charge in [-0.2, -0.15) is 0 Å². The molecule has 0 fully saturated rings. The van der Waals surface area contributed by atoms with Crippen LogP contribution in [-0.4, -0.2) is 27.4 Å². The molecule has 0 radical (unpaired) electrons. The van der Waals surface area contributed by atoms with Gasteiger partial charge in [0.2, 0.25) is 0 Å². The lowest BCUT2D eigenvalue weighted by Gasteiger charge is -2.09. The first-order chi connectivity index (χ1) is 7.61. The maximum atomic E-state index is 11.1. The van der Waals surface area contributed by atoms with Crippen LogP contribution in [0.3, 0.4) is 0 Å². The molecule has 0 spiro atoms. The van der Waals surface area contributed by atoms with Gasteiger partial charge in [-0.15, -0.1) is 0 Å². The van der Waals surface area contributed by atoms with E-state index < -0.39 is 10.8 Å². The average molecular weight is 241 g/mol. The number of hydrogen-bond acceptors (Lipinski definition) is 3. The Kier molecular flexibility index (Phi) is 5.49. The Morgan fingerprint density at radius 1 is 1.44 bits per heavy atom. The van der Waals surface area contributed by atoms with Crippen molar-refractivity contribution in [3.63, 3.8) is 0 Å². The van der Waals surface area contributed by atoms with E-state index in [2.05, 4.69) is 5.32 Å². The van der Waals surface area contributed by atoms with Crippen LogP contribution in [0.25, 0.3) is 0 Å². The van der Waals surface area contributed by atoms with Gasteiger partial charge in [0.05, 0.1) is 0 Å². The summed E-state index contributed by atoms with van der Waals surface area (Å²) in [5.41, 5.74) is 0.896. The quantitative estimate of drug-likeness (QED) is 0.744. The Bertz CT molecular complexity index is 355. The van der Waals surface area contributed by atoms with E-state index in [0.29, 0.717) is 12.3 Å². The minimum absolute atomic E-state index is 0.219. The molecule has 2 atom stereocenters. The van der Waals surface area contributed by atoms with Gasteiger partial charge in [-0.25, -0.2) is 0 Å². The highest BCUT2D eigenvalue weighted by Crippen LogP contribution is 2.14. The van der Waals surface area contributed by atoms with Gasteiger partial charge in [0.1, 0.15) is 5.75 Å². The van der Waals surface area contributed by atoms with E-state index in [1.54, 1.807) is 18.4 Å². The van der Waals surface area contributed by atoms with Crippen LogP contribution >= 0.6 is 0 Å². The molecule has 16 heavy (non-hydrogen) atoms. The van der Waals surface area contributed by atoms with E-state index in [1.165, 1.54) is 0 Å². The number of aromatic hydroxyl groups is 1. The number of phenolic OH excluding ortho intramolecular Hbond substituents is 1. The lowest BCUT2D eigenvalue weighted by molar-refractivity contribution is 0.464. The maximum absolute atomic E-state index is 11.1. The second-order valence-electron chi connectivity index (χ2n) is 3.90. The molecule has 90 valence electrons. The normalized spacial score (nSPS) is 14.6. The van der Waals surface area contributed by atoms with Gasteiger partial charge in [-0.05, 0) is 19.0 Å². The van der Waals surface area contributed by atoms with Crippen LogP contribution < -0.4 is 5.32 Å². The van der Waals surface area contributed by atoms with Crippen molar-refractivity contribution in [2.45, 2.75) is 25.1 Å². The summed E-state index contributed by atoms with van der Waals surface area (Å²) in [5, 5.41) is 13.0. The summed E-state index contributed by atoms with van der Waals surface area (Å²) < 4.78 is 11.1. The topological polar surface area (TPSA) is 49.3 Å². The molecule has 0 heterocycles. The van der Waals surface area contributed by atoms with Crippen molar-refractivity contribution in [1.29, 1.82) is 0 Å². The van der Waals surface area contributed by atoms with Gasteiger partial charge in [-0.1, -0.05) is 25.1 Å². The summed E-state index contributed by atoms with van der Waals surface area (Å²) >= 11 is 0. The van der Waals surface area contributed by atoms with Crippen LogP contribution in [0.4, 0.5) is 0 Å². The highest BCUT2D eigenvalue weighted by atomic mass is 32.2. The van der Waals surface area contributed by atoms with Crippen molar-refractivity contribution in [1.82, 2.24) is 5.32 Å². The number of benzene rings is 1. The van der Waals surface area contributed by atoms with E-state index in [-0.39, 0.29) is 5.25 Å². The Labute approximate surface area is 99.3 Å². The molecule has 0 bridgehead atoms. The first-order valence-corrected chi connectivity index (χ1v) is 7.03. The van der Waals surface area contributed by atoms with Crippen LogP contribution in [0.15, 0.2) is 24.3 Å². The molecule has 4 heteroatoms. The van der Waals surface area contributed by atoms with Crippen molar-refractivity contribution in [3.8, 4) is 5.75 Å². The molecule has 0 saturated heterocycles. The Morgan fingerprint density at radius 2 is 2.12 bits per heavy atom. The van der Waals surface area contributed by atoms with Gasteiger partial charge < -0.3 is 10.4 Å². The van der Waals surface area contributed by atoms with Gasteiger partial charge >= 0.3 is 0 Å². The van der Waals surface area contributed by atoms with Gasteiger partial charge in [-0.3, -0.25) is 4.21 Å². The standard InChI is InChI=1S/C12H19NO2S/c1-10(16(2)15)7-8-13-9-11-5-3-4-6-12(11)14/h3-6,10,13-14H,7-9H2,1-2H3. The number of phenols is 1. The van der Waals surface area contributed by atoms with E-state index in [0.717, 1.165) is 18.5 Å². The van der Waals surface area contributed by atoms with E-state index >= 15 is 0 Å². The molecule has 1 rings (SSSR count). The third-order valence-electron chi connectivity index (χ3n) is 2.60. The summed E-state index contributed by atoms with van der Waals surface area (Å²) in [6.07, 6.45) is 2.62. The van der Waals surface area contributed by atoms with E-state index in [9.17, 15) is 9.32 Å². The largest absolute Gasteiger partial charge is 0.508 e. The monoisotopic (exact) mass is 241 g/mol. The fourth-order valence-corrected chi connectivity index (χ4v) is 1.80. The van der Waals surface area contributed by atoms with Gasteiger partial charge in [0, 0.05) is 34.4 Å². The number of rotatable bonds is 6. The molecule has 0 aliphatic rings. The zero-order valence-corrected chi connectivity index (χ0v) is 10.6. The zero-order valence-electron chi connectivity index (χ0n) is 9.77. The molecular formula is C12H19NO2S. The lowest BCUT2D eigenvalue weighted by Crippen LogP contribution is -2.20. The zero-order chi connectivity index (χ0) is 12.0. The van der Waals surface area contributed by atoms with Crippen LogP contribution in [-0.2, 0) is 17.3 Å². The van der Waals surface area contributed by atoms with Crippen LogP contribution in [0, 0.1) is 0 Å². The molecule has 0 amide bonds. The number of hydrogen-bond donors (Lipinski definition) is 2. The predicted molar refractivity (Wildman–Crippen MR) is 68.0 cm³/mol. The number of nitrogens with one attached hydrogen (secondary N) is 1. The number of para-hydroxylation sites is 1. The Morgan fingerprint density at radius 3 is 2.75 bits per heavy atom. The second-order valence-corrected chi connectivity index (χ2v) is 5.71. The highest BCUT2D eigenvalue weighted by molar-refractivity contribution is 7.84. The van der Waals surface area contributed by atoms with Crippen molar-refractivity contribution in [2.24, 2.45) is 0 Å². The molecule has 1 aromatic carbocycles. The molecule has 2 unspecified atom stereocenters. The summed E-state index contributed by atoms with van der Waals surface area (Å²) in [6, 6.07) is 7.28. The Balaban J connectivity index is 2.26. The van der Waals surface area contributed by atoms with Crippen LogP contribution in [0.2, 0.25) is 0 Å². The lowest BCUT2D eigenvalue weighted by atomic mass is 10.2. The van der Waals surface area contributed by atoms with Crippen molar-refractivity contribution < 1.29 is 9.32 Å². The first kappa shape index (κ1) is 13.2. The van der Waals surface area contributed by atoms with Crippen LogP contribution in [0.5, 0.6) is 5.75 Å². The maximum Gasteiger partial charge on any atom is 0.120 e. The van der Waals surface area contributed by atoms with Crippen molar-refractivity contribution in [3.05, 3.63) is 29.8 Å². The molecule has 0 saturated carbocycles. The molecular weight excluding hydrogens is 222 g/mol. The Hall–Kier alpha value is -0.870. The second kappa shape index (κ2) is 6.66. The van der Waals surface area contributed by atoms with Crippen molar-refractivity contribution >= 4 is 10.8 Å².